The zero-order valence-electron chi connectivity index (χ0n) is 10.7. The van der Waals surface area contributed by atoms with Gasteiger partial charge in [0.25, 0.3) is 5.56 Å². The zero-order chi connectivity index (χ0) is 14.0. The highest BCUT2D eigenvalue weighted by molar-refractivity contribution is 5.71. The molecule has 0 atom stereocenters. The van der Waals surface area contributed by atoms with Gasteiger partial charge in [0, 0.05) is 11.1 Å². The highest BCUT2D eigenvalue weighted by atomic mass is 16.4. The fourth-order valence-corrected chi connectivity index (χ4v) is 1.79. The van der Waals surface area contributed by atoms with Crippen molar-refractivity contribution in [3.8, 4) is 11.3 Å². The molecule has 19 heavy (non-hydrogen) atoms. The summed E-state index contributed by atoms with van der Waals surface area (Å²) in [6.07, 6.45) is -0.310. The molecule has 0 unspecified atom stereocenters. The number of aryl methyl sites for hydroxylation is 2. The molecule has 5 nitrogen and oxygen atoms in total. The Balaban J connectivity index is 2.48. The largest absolute Gasteiger partial charge is 0.481 e. The van der Waals surface area contributed by atoms with Gasteiger partial charge in [0.1, 0.15) is 0 Å². The second-order valence-corrected chi connectivity index (χ2v) is 4.48. The quantitative estimate of drug-likeness (QED) is 0.877. The molecule has 0 aliphatic rings. The van der Waals surface area contributed by atoms with E-state index < -0.39 is 11.5 Å². The molecule has 0 aliphatic heterocycles. The van der Waals surface area contributed by atoms with Gasteiger partial charge in [-0.3, -0.25) is 9.59 Å². The highest BCUT2D eigenvalue weighted by Gasteiger charge is 2.09. The van der Waals surface area contributed by atoms with E-state index in [-0.39, 0.29) is 12.0 Å². The Hall–Kier alpha value is -2.43. The van der Waals surface area contributed by atoms with Crippen molar-refractivity contribution in [2.24, 2.45) is 0 Å². The number of carboxylic acid groups (broad SMARTS) is 1. The summed E-state index contributed by atoms with van der Waals surface area (Å²) in [5, 5.41) is 15.1. The third kappa shape index (κ3) is 2.88. The van der Waals surface area contributed by atoms with E-state index in [1.807, 2.05) is 32.0 Å². The second-order valence-electron chi connectivity index (χ2n) is 4.48. The zero-order valence-corrected chi connectivity index (χ0v) is 10.7. The maximum Gasteiger partial charge on any atom is 0.308 e. The Morgan fingerprint density at radius 3 is 2.63 bits per heavy atom. The lowest BCUT2D eigenvalue weighted by molar-refractivity contribution is -0.136. The first-order chi connectivity index (χ1) is 8.97. The van der Waals surface area contributed by atoms with Crippen molar-refractivity contribution < 1.29 is 9.90 Å². The highest BCUT2D eigenvalue weighted by Crippen LogP contribution is 2.19. The number of rotatable bonds is 3. The molecular formula is C14H14N2O3. The predicted octanol–water partition coefficient (Wildman–Crippen LogP) is 1.68. The molecule has 0 radical (unpaired) electrons. The summed E-state index contributed by atoms with van der Waals surface area (Å²) in [5.41, 5.74) is 3.44. The molecule has 1 aromatic carbocycles. The van der Waals surface area contributed by atoms with E-state index >= 15 is 0 Å². The van der Waals surface area contributed by atoms with Crippen molar-refractivity contribution in [1.29, 1.82) is 0 Å². The summed E-state index contributed by atoms with van der Waals surface area (Å²) in [6, 6.07) is 7.35. The van der Waals surface area contributed by atoms with Gasteiger partial charge in [-0.15, -0.1) is 0 Å². The average molecular weight is 258 g/mol. The number of hydrogen-bond donors (Lipinski definition) is 2. The van der Waals surface area contributed by atoms with Crippen LogP contribution in [-0.4, -0.2) is 21.3 Å². The SMILES string of the molecule is Cc1ccc(-c2cc(CC(=O)O)c(=O)[nH]n2)cc1C. The van der Waals surface area contributed by atoms with E-state index in [2.05, 4.69) is 10.2 Å². The number of benzene rings is 1. The molecule has 0 spiro atoms. The van der Waals surface area contributed by atoms with Gasteiger partial charge >= 0.3 is 5.97 Å². The van der Waals surface area contributed by atoms with Gasteiger partial charge in [-0.25, -0.2) is 5.10 Å². The number of aliphatic carboxylic acids is 1. The van der Waals surface area contributed by atoms with Crippen molar-refractivity contribution in [3.05, 3.63) is 51.3 Å². The number of aromatic nitrogens is 2. The lowest BCUT2D eigenvalue weighted by Crippen LogP contribution is -2.17. The van der Waals surface area contributed by atoms with Crippen molar-refractivity contribution in [2.75, 3.05) is 0 Å². The summed E-state index contributed by atoms with van der Waals surface area (Å²) in [4.78, 5) is 22.2. The minimum absolute atomic E-state index is 0.204. The Morgan fingerprint density at radius 1 is 1.26 bits per heavy atom. The summed E-state index contributed by atoms with van der Waals surface area (Å²) < 4.78 is 0. The molecule has 2 rings (SSSR count). The molecular weight excluding hydrogens is 244 g/mol. The second kappa shape index (κ2) is 5.06. The van der Waals surface area contributed by atoms with Crippen LogP contribution >= 0.6 is 0 Å². The molecule has 0 aliphatic carbocycles. The molecule has 2 aromatic rings. The maximum absolute atomic E-state index is 11.5. The van der Waals surface area contributed by atoms with Gasteiger partial charge in [0.15, 0.2) is 0 Å². The van der Waals surface area contributed by atoms with Crippen LogP contribution in [0.25, 0.3) is 11.3 Å². The summed E-state index contributed by atoms with van der Waals surface area (Å²) >= 11 is 0. The molecule has 1 aromatic heterocycles. The first kappa shape index (κ1) is 13.0. The third-order valence-corrected chi connectivity index (χ3v) is 3.02. The molecule has 98 valence electrons. The Labute approximate surface area is 109 Å². The van der Waals surface area contributed by atoms with Gasteiger partial charge in [-0.05, 0) is 37.1 Å². The van der Waals surface area contributed by atoms with E-state index in [9.17, 15) is 9.59 Å². The molecule has 0 amide bonds. The van der Waals surface area contributed by atoms with E-state index in [4.69, 9.17) is 5.11 Å². The topological polar surface area (TPSA) is 83.0 Å². The van der Waals surface area contributed by atoms with Crippen molar-refractivity contribution in [2.45, 2.75) is 20.3 Å². The van der Waals surface area contributed by atoms with Crippen LogP contribution < -0.4 is 5.56 Å². The third-order valence-electron chi connectivity index (χ3n) is 3.02. The van der Waals surface area contributed by atoms with Crippen LogP contribution in [-0.2, 0) is 11.2 Å². The molecule has 5 heteroatoms. The van der Waals surface area contributed by atoms with Gasteiger partial charge in [0.05, 0.1) is 12.1 Å². The summed E-state index contributed by atoms with van der Waals surface area (Å²) in [6.45, 7) is 4.00. The van der Waals surface area contributed by atoms with Crippen LogP contribution in [0.3, 0.4) is 0 Å². The number of aromatic amines is 1. The monoisotopic (exact) mass is 258 g/mol. The minimum Gasteiger partial charge on any atom is -0.481 e. The van der Waals surface area contributed by atoms with Crippen LogP contribution in [0.4, 0.5) is 0 Å². The van der Waals surface area contributed by atoms with Gasteiger partial charge in [-0.1, -0.05) is 12.1 Å². The first-order valence-electron chi connectivity index (χ1n) is 5.85. The number of hydrogen-bond acceptors (Lipinski definition) is 3. The van der Waals surface area contributed by atoms with Gasteiger partial charge in [-0.2, -0.15) is 5.10 Å². The van der Waals surface area contributed by atoms with Gasteiger partial charge in [0.2, 0.25) is 0 Å². The van der Waals surface area contributed by atoms with Crippen LogP contribution in [0.5, 0.6) is 0 Å². The molecule has 2 N–H and O–H groups in total. The number of carbonyl (C=O) groups is 1. The summed E-state index contributed by atoms with van der Waals surface area (Å²) in [7, 11) is 0. The van der Waals surface area contributed by atoms with Crippen molar-refractivity contribution in [3.63, 3.8) is 0 Å². The standard InChI is InChI=1S/C14H14N2O3/c1-8-3-4-10(5-9(8)2)12-6-11(7-13(17)18)14(19)16-15-12/h3-6H,7H2,1-2H3,(H,16,19)(H,17,18). The van der Waals surface area contributed by atoms with Crippen LogP contribution in [0.15, 0.2) is 29.1 Å². The van der Waals surface area contributed by atoms with Crippen molar-refractivity contribution in [1.82, 2.24) is 10.2 Å². The molecule has 0 bridgehead atoms. The van der Waals surface area contributed by atoms with Gasteiger partial charge < -0.3 is 5.11 Å². The molecule has 0 saturated carbocycles. The maximum atomic E-state index is 11.5. The van der Waals surface area contributed by atoms with E-state index in [1.165, 1.54) is 11.6 Å². The molecule has 0 saturated heterocycles. The molecule has 0 fully saturated rings. The fraction of sp³-hybridized carbons (Fsp3) is 0.214. The molecule has 1 heterocycles. The Bertz CT molecular complexity index is 689. The average Bonchev–Trinajstić information content (AvgIpc) is 2.35. The van der Waals surface area contributed by atoms with E-state index in [1.54, 1.807) is 0 Å². The fourth-order valence-electron chi connectivity index (χ4n) is 1.79. The smallest absolute Gasteiger partial charge is 0.308 e. The normalized spacial score (nSPS) is 10.4. The number of carboxylic acids is 1. The lowest BCUT2D eigenvalue weighted by Gasteiger charge is -2.05. The Kier molecular flexibility index (Phi) is 3.46. The number of nitrogens with one attached hydrogen (secondary N) is 1. The Morgan fingerprint density at radius 2 is 2.00 bits per heavy atom. The minimum atomic E-state index is -1.04. The number of H-pyrrole nitrogens is 1. The number of nitrogens with zero attached hydrogens (tertiary/aromatic N) is 1. The first-order valence-corrected chi connectivity index (χ1v) is 5.85. The van der Waals surface area contributed by atoms with Crippen LogP contribution in [0, 0.1) is 13.8 Å². The van der Waals surface area contributed by atoms with Crippen LogP contribution in [0.2, 0.25) is 0 Å². The van der Waals surface area contributed by atoms with Crippen molar-refractivity contribution >= 4 is 5.97 Å². The predicted molar refractivity (Wildman–Crippen MR) is 71.1 cm³/mol. The van der Waals surface area contributed by atoms with E-state index in [0.717, 1.165) is 11.1 Å². The van der Waals surface area contributed by atoms with E-state index in [0.29, 0.717) is 5.69 Å². The summed E-state index contributed by atoms with van der Waals surface area (Å²) in [5.74, 6) is -1.04. The van der Waals surface area contributed by atoms with Crippen LogP contribution in [0.1, 0.15) is 16.7 Å². The lowest BCUT2D eigenvalue weighted by atomic mass is 10.0.